The number of aryl methyl sites for hydroxylation is 1. The van der Waals surface area contributed by atoms with Crippen LogP contribution in [0.3, 0.4) is 0 Å². The van der Waals surface area contributed by atoms with Crippen LogP contribution in [0.2, 0.25) is 0 Å². The van der Waals surface area contributed by atoms with E-state index < -0.39 is 0 Å². The molecule has 2 aromatic heterocycles. The number of hydrogen-bond donors (Lipinski definition) is 2. The molecule has 2 N–H and O–H groups in total. The van der Waals surface area contributed by atoms with Crippen molar-refractivity contribution < 1.29 is 9.53 Å². The molecule has 0 fully saturated rings. The Kier molecular flexibility index (Phi) is 15.1. The number of nitriles is 1. The minimum atomic E-state index is -0.151. The maximum Gasteiger partial charge on any atom is 0.253 e. The summed E-state index contributed by atoms with van der Waals surface area (Å²) < 4.78 is 7.47. The lowest BCUT2D eigenvalue weighted by Crippen LogP contribution is -2.24. The number of hydrogen-bond acceptors (Lipinski definition) is 5. The highest BCUT2D eigenvalue weighted by molar-refractivity contribution is 6.00. The van der Waals surface area contributed by atoms with E-state index >= 15 is 0 Å². The van der Waals surface area contributed by atoms with E-state index in [9.17, 15) is 10.1 Å². The highest BCUT2D eigenvalue weighted by Gasteiger charge is 2.19. The summed E-state index contributed by atoms with van der Waals surface area (Å²) in [5, 5.41) is 20.2. The first-order chi connectivity index (χ1) is 19.0. The molecule has 0 aliphatic rings. The minimum absolute atomic E-state index is 0.151. The number of nitrogens with zero attached hydrogens (tertiary/aromatic N) is 3. The smallest absolute Gasteiger partial charge is 0.253 e. The number of amides is 1. The number of fused-ring (bicyclic) bond motifs is 1. The second-order valence-electron chi connectivity index (χ2n) is 8.03. The fourth-order valence-electron chi connectivity index (χ4n) is 3.44. The summed E-state index contributed by atoms with van der Waals surface area (Å²) in [5.41, 5.74) is 3.77. The van der Waals surface area contributed by atoms with Gasteiger partial charge < -0.3 is 15.4 Å². The number of ether oxygens (including phenoxy) is 1. The maximum atomic E-state index is 12.6. The number of anilines is 2. The van der Waals surface area contributed by atoms with Gasteiger partial charge >= 0.3 is 0 Å². The van der Waals surface area contributed by atoms with Crippen LogP contribution in [0.5, 0.6) is 11.5 Å². The monoisotopic (exact) mass is 529 g/mol. The molecule has 2 heterocycles. The van der Waals surface area contributed by atoms with Crippen molar-refractivity contribution >= 4 is 22.8 Å². The number of aromatic nitrogens is 2. The molecule has 0 saturated heterocycles. The summed E-state index contributed by atoms with van der Waals surface area (Å²) >= 11 is 0. The van der Waals surface area contributed by atoms with E-state index in [-0.39, 0.29) is 5.91 Å². The number of nitrogens with one attached hydrogen (secondary N) is 2. The van der Waals surface area contributed by atoms with Gasteiger partial charge in [-0.3, -0.25) is 4.79 Å². The van der Waals surface area contributed by atoms with Gasteiger partial charge in [0.1, 0.15) is 17.6 Å². The zero-order valence-electron chi connectivity index (χ0n) is 24.6. The molecule has 0 spiro atoms. The minimum Gasteiger partial charge on any atom is -0.457 e. The summed E-state index contributed by atoms with van der Waals surface area (Å²) in [4.78, 5) is 12.6. The average Bonchev–Trinajstić information content (AvgIpc) is 3.32. The Balaban J connectivity index is 0.000000996. The first-order valence-electron chi connectivity index (χ1n) is 13.8. The molecule has 0 saturated carbocycles. The van der Waals surface area contributed by atoms with E-state index in [0.29, 0.717) is 34.6 Å². The first-order valence-corrected chi connectivity index (χ1v) is 13.8. The van der Waals surface area contributed by atoms with Crippen LogP contribution in [0.15, 0.2) is 67.0 Å². The summed E-state index contributed by atoms with van der Waals surface area (Å²) in [6, 6.07) is 19.2. The zero-order valence-corrected chi connectivity index (χ0v) is 24.6. The summed E-state index contributed by atoms with van der Waals surface area (Å²) in [6.45, 7) is 16.7. The van der Waals surface area contributed by atoms with Gasteiger partial charge in [-0.25, -0.2) is 4.52 Å². The fourth-order valence-corrected chi connectivity index (χ4v) is 3.44. The van der Waals surface area contributed by atoms with E-state index in [1.807, 2.05) is 96.1 Å². The van der Waals surface area contributed by atoms with Gasteiger partial charge in [0, 0.05) is 18.4 Å². The molecule has 7 heteroatoms. The lowest BCUT2D eigenvalue weighted by atomic mass is 10.1. The summed E-state index contributed by atoms with van der Waals surface area (Å²) in [5.74, 6) is 1.31. The van der Waals surface area contributed by atoms with Crippen LogP contribution in [0.25, 0.3) is 5.52 Å². The second-order valence-corrected chi connectivity index (χ2v) is 8.03. The van der Waals surface area contributed by atoms with Crippen molar-refractivity contribution in [1.82, 2.24) is 14.9 Å². The fraction of sp³-hybridized carbons (Fsp3) is 0.344. The van der Waals surface area contributed by atoms with Crippen molar-refractivity contribution in [3.05, 3.63) is 83.7 Å². The Morgan fingerprint density at radius 2 is 1.56 bits per heavy atom. The van der Waals surface area contributed by atoms with E-state index in [0.717, 1.165) is 23.4 Å². The number of carbonyl (C=O) groups excluding carboxylic acids is 1. The summed E-state index contributed by atoms with van der Waals surface area (Å²) in [6.07, 6.45) is 5.29. The number of carbonyl (C=O) groups is 1. The molecular weight excluding hydrogens is 486 g/mol. The van der Waals surface area contributed by atoms with E-state index in [4.69, 9.17) is 4.74 Å². The molecule has 4 rings (SSSR count). The van der Waals surface area contributed by atoms with Gasteiger partial charge in [-0.2, -0.15) is 10.4 Å². The third kappa shape index (κ3) is 9.19. The van der Waals surface area contributed by atoms with Crippen LogP contribution in [-0.4, -0.2) is 22.1 Å². The van der Waals surface area contributed by atoms with Crippen molar-refractivity contribution in [2.75, 3.05) is 11.9 Å². The van der Waals surface area contributed by atoms with Gasteiger partial charge in [0.05, 0.1) is 28.5 Å². The molecule has 2 aromatic carbocycles. The van der Waals surface area contributed by atoms with Crippen LogP contribution in [-0.2, 0) is 0 Å². The molecule has 208 valence electrons. The lowest BCUT2D eigenvalue weighted by Gasteiger charge is -2.12. The van der Waals surface area contributed by atoms with E-state index in [1.165, 1.54) is 12.6 Å². The lowest BCUT2D eigenvalue weighted by molar-refractivity contribution is 0.0953. The Bertz CT molecular complexity index is 1310. The topological polar surface area (TPSA) is 91.5 Å². The van der Waals surface area contributed by atoms with Crippen LogP contribution in [0.1, 0.15) is 82.8 Å². The molecule has 0 atom stereocenters. The van der Waals surface area contributed by atoms with Gasteiger partial charge in [-0.15, -0.1) is 0 Å². The van der Waals surface area contributed by atoms with Gasteiger partial charge in [0.15, 0.2) is 0 Å². The van der Waals surface area contributed by atoms with Gasteiger partial charge in [0.2, 0.25) is 0 Å². The highest BCUT2D eigenvalue weighted by atomic mass is 16.5. The van der Waals surface area contributed by atoms with Gasteiger partial charge in [0.25, 0.3) is 5.91 Å². The molecule has 4 aromatic rings. The molecule has 39 heavy (non-hydrogen) atoms. The Labute approximate surface area is 233 Å². The van der Waals surface area contributed by atoms with Gasteiger partial charge in [-0.05, 0) is 55.3 Å². The van der Waals surface area contributed by atoms with E-state index in [1.54, 1.807) is 10.7 Å². The second kappa shape index (κ2) is 18.0. The molecule has 0 radical (unpaired) electrons. The van der Waals surface area contributed by atoms with E-state index in [2.05, 4.69) is 35.6 Å². The number of benzene rings is 2. The average molecular weight is 530 g/mol. The molecule has 7 nitrogen and oxygen atoms in total. The first kappa shape index (κ1) is 32.7. The van der Waals surface area contributed by atoms with Crippen molar-refractivity contribution in [3.8, 4) is 17.6 Å². The molecule has 0 aliphatic heterocycles. The SMILES string of the molecule is CC.CC.CCC.CCCNC(=O)c1cn2ncc(C#N)c(Nc3ccc(Oc4ccccc4)cc3)c2c1C. The number of para-hydroxylation sites is 1. The molecule has 1 amide bonds. The zero-order chi connectivity index (χ0) is 29.2. The third-order valence-corrected chi connectivity index (χ3v) is 5.06. The van der Waals surface area contributed by atoms with Crippen molar-refractivity contribution in [1.29, 1.82) is 5.26 Å². The van der Waals surface area contributed by atoms with Crippen molar-refractivity contribution in [2.24, 2.45) is 0 Å². The number of rotatable bonds is 7. The van der Waals surface area contributed by atoms with Crippen molar-refractivity contribution in [2.45, 2.75) is 68.2 Å². The Morgan fingerprint density at radius 3 is 2.13 bits per heavy atom. The van der Waals surface area contributed by atoms with Crippen LogP contribution in [0.4, 0.5) is 11.4 Å². The van der Waals surface area contributed by atoms with Crippen LogP contribution < -0.4 is 15.4 Å². The summed E-state index contributed by atoms with van der Waals surface area (Å²) in [7, 11) is 0. The van der Waals surface area contributed by atoms with Crippen LogP contribution in [0, 0.1) is 18.3 Å². The molecule has 0 aliphatic carbocycles. The maximum absolute atomic E-state index is 12.6. The third-order valence-electron chi connectivity index (χ3n) is 5.06. The predicted molar refractivity (Wildman–Crippen MR) is 162 cm³/mol. The Hall–Kier alpha value is -4.31. The predicted octanol–water partition coefficient (Wildman–Crippen LogP) is 8.66. The highest BCUT2D eigenvalue weighted by Crippen LogP contribution is 2.31. The Morgan fingerprint density at radius 1 is 0.974 bits per heavy atom. The van der Waals surface area contributed by atoms with Crippen molar-refractivity contribution in [3.63, 3.8) is 0 Å². The van der Waals surface area contributed by atoms with Gasteiger partial charge in [-0.1, -0.05) is 73.1 Å². The largest absolute Gasteiger partial charge is 0.457 e. The van der Waals surface area contributed by atoms with Crippen LogP contribution >= 0.6 is 0 Å². The quantitative estimate of drug-likeness (QED) is 0.250. The molecule has 0 bridgehead atoms. The molecular formula is C32H43N5O2. The standard InChI is InChI=1S/C25H23N5O2.C3H8.2C2H6/c1-3-13-27-25(31)22-16-30-24(17(22)2)23(18(14-26)15-28-30)29-19-9-11-21(12-10-19)32-20-7-5-4-6-8-20;1-3-2;2*1-2/h4-12,15-16,29H,3,13H2,1-2H3,(H,27,31);3H2,1-2H3;2*1-2H3. The normalized spacial score (nSPS) is 9.41. The molecule has 0 unspecified atom stereocenters.